The molecule has 0 aliphatic carbocycles. The number of likely N-dealkylation sites (tertiary alicyclic amines) is 2. The molecule has 1 atom stereocenters. The van der Waals surface area contributed by atoms with Gasteiger partial charge in [0.15, 0.2) is 0 Å². The Labute approximate surface area is 293 Å². The number of thiophene rings is 1. The largest absolute Gasteiger partial charge is 0.418 e. The molecule has 4 aliphatic heterocycles. The number of urea groups is 2. The third-order valence-electron chi connectivity index (χ3n) is 10.3. The molecule has 4 aliphatic rings. The van der Waals surface area contributed by atoms with E-state index < -0.39 is 23.8 Å². The van der Waals surface area contributed by atoms with Gasteiger partial charge in [-0.05, 0) is 68.9 Å². The maximum atomic E-state index is 14.1. The molecule has 3 N–H and O–H groups in total. The van der Waals surface area contributed by atoms with E-state index in [1.807, 2.05) is 10.8 Å². The van der Waals surface area contributed by atoms with Crippen LogP contribution in [0.5, 0.6) is 0 Å². The first-order valence-electron chi connectivity index (χ1n) is 16.9. The Balaban J connectivity index is 1.14. The van der Waals surface area contributed by atoms with Crippen molar-refractivity contribution in [2.45, 2.75) is 63.0 Å². The Kier molecular flexibility index (Phi) is 10.8. The maximum Gasteiger partial charge on any atom is 0.418 e. The van der Waals surface area contributed by atoms with Crippen LogP contribution in [0.3, 0.4) is 0 Å². The van der Waals surface area contributed by atoms with Crippen molar-refractivity contribution >= 4 is 52.3 Å². The Hall–Kier alpha value is -3.27. The molecule has 268 valence electrons. The minimum absolute atomic E-state index is 0.0518. The lowest BCUT2D eigenvalue weighted by Crippen LogP contribution is -2.59. The number of benzene rings is 1. The first-order chi connectivity index (χ1) is 23.4. The van der Waals surface area contributed by atoms with Crippen LogP contribution in [0.1, 0.15) is 42.4 Å². The molecule has 6 rings (SSSR count). The fraction of sp³-hybridized carbons (Fsp3) is 0.606. The number of piperazine rings is 1. The van der Waals surface area contributed by atoms with E-state index >= 15 is 0 Å². The summed E-state index contributed by atoms with van der Waals surface area (Å²) in [6.45, 7) is 5.66. The number of amides is 5. The monoisotopic (exact) mass is 724 g/mol. The Morgan fingerprint density at radius 2 is 1.65 bits per heavy atom. The van der Waals surface area contributed by atoms with E-state index in [2.05, 4.69) is 32.8 Å². The first-order valence-corrected chi connectivity index (χ1v) is 18.2. The summed E-state index contributed by atoms with van der Waals surface area (Å²) in [5.74, 6) is -0.329. The fourth-order valence-electron chi connectivity index (χ4n) is 7.50. The number of nitrogens with one attached hydrogen (secondary N) is 3. The van der Waals surface area contributed by atoms with E-state index in [4.69, 9.17) is 11.6 Å². The van der Waals surface area contributed by atoms with Crippen molar-refractivity contribution < 1.29 is 27.6 Å². The standard InChI is InChI=1S/C33H44ClF3N8O3S/c1-38-29-25(33(35,36)37)15-21(16-26(29)34)17-27(30(46)43-13-11-42(12-14-43)23-3-7-41(2)8-4-23)39-31(47)44-9-5-24(6-10-44)45-18-22-19-49-20-28(22)40-32(45)48/h15-16,19-20,23-24,27,38H,3-14,17-18H2,1-2H3,(H,39,47)(H,40,48)/t27-/m1/s1. The minimum Gasteiger partial charge on any atom is -0.386 e. The number of nitrogens with zero attached hydrogens (tertiary/aromatic N) is 5. The second-order valence-electron chi connectivity index (χ2n) is 13.4. The molecule has 2 aromatic rings. The number of hydrogen-bond acceptors (Lipinski definition) is 7. The highest BCUT2D eigenvalue weighted by Crippen LogP contribution is 2.40. The second kappa shape index (κ2) is 14.9. The van der Waals surface area contributed by atoms with Crippen LogP contribution in [0.25, 0.3) is 0 Å². The van der Waals surface area contributed by atoms with Crippen LogP contribution in [-0.4, -0.2) is 127 Å². The lowest BCUT2D eigenvalue weighted by Gasteiger charge is -2.43. The Morgan fingerprint density at radius 1 is 0.980 bits per heavy atom. The summed E-state index contributed by atoms with van der Waals surface area (Å²) in [7, 11) is 3.49. The third kappa shape index (κ3) is 8.05. The van der Waals surface area contributed by atoms with E-state index in [0.717, 1.165) is 43.2 Å². The summed E-state index contributed by atoms with van der Waals surface area (Å²) in [5.41, 5.74) is 0.930. The SMILES string of the molecule is CNc1c(Cl)cc(C[C@@H](NC(=O)N2CCC(N3Cc4cscc4NC3=O)CC2)C(=O)N2CCN(C3CCN(C)CC3)CC2)cc1C(F)(F)F. The predicted molar refractivity (Wildman–Crippen MR) is 184 cm³/mol. The van der Waals surface area contributed by atoms with Gasteiger partial charge in [0.05, 0.1) is 28.5 Å². The van der Waals surface area contributed by atoms with Gasteiger partial charge in [-0.3, -0.25) is 9.69 Å². The van der Waals surface area contributed by atoms with Gasteiger partial charge in [-0.1, -0.05) is 11.6 Å². The zero-order valence-electron chi connectivity index (χ0n) is 27.8. The van der Waals surface area contributed by atoms with Crippen molar-refractivity contribution in [3.63, 3.8) is 0 Å². The molecule has 0 unspecified atom stereocenters. The van der Waals surface area contributed by atoms with Crippen LogP contribution in [0.15, 0.2) is 22.9 Å². The second-order valence-corrected chi connectivity index (χ2v) is 14.6. The molecule has 0 saturated carbocycles. The molecule has 49 heavy (non-hydrogen) atoms. The number of piperidine rings is 2. The lowest BCUT2D eigenvalue weighted by atomic mass is 9.99. The molecule has 1 aromatic carbocycles. The number of rotatable bonds is 7. The highest BCUT2D eigenvalue weighted by molar-refractivity contribution is 7.08. The van der Waals surface area contributed by atoms with Crippen molar-refractivity contribution in [1.82, 2.24) is 29.8 Å². The topological polar surface area (TPSA) is 103 Å². The molecule has 3 fully saturated rings. The number of alkyl halides is 3. The average molecular weight is 725 g/mol. The summed E-state index contributed by atoms with van der Waals surface area (Å²) in [5, 5.41) is 12.2. The van der Waals surface area contributed by atoms with Gasteiger partial charge in [0.25, 0.3) is 0 Å². The van der Waals surface area contributed by atoms with Crippen LogP contribution < -0.4 is 16.0 Å². The van der Waals surface area contributed by atoms with E-state index in [1.165, 1.54) is 24.5 Å². The Bertz CT molecular complexity index is 1520. The highest BCUT2D eigenvalue weighted by atomic mass is 35.5. The number of carbonyl (C=O) groups excluding carboxylic acids is 3. The van der Waals surface area contributed by atoms with E-state index in [1.54, 1.807) is 14.7 Å². The van der Waals surface area contributed by atoms with Gasteiger partial charge in [0, 0.05) is 75.8 Å². The van der Waals surface area contributed by atoms with Crippen molar-refractivity contribution in [3.8, 4) is 0 Å². The molecule has 3 saturated heterocycles. The lowest BCUT2D eigenvalue weighted by molar-refractivity contribution is -0.137. The summed E-state index contributed by atoms with van der Waals surface area (Å²) in [4.78, 5) is 50.4. The van der Waals surface area contributed by atoms with Crippen molar-refractivity contribution in [2.75, 3.05) is 77.1 Å². The molecule has 1 aromatic heterocycles. The van der Waals surface area contributed by atoms with Crippen LogP contribution in [0.4, 0.5) is 34.1 Å². The number of fused-ring (bicyclic) bond motifs is 1. The average Bonchev–Trinajstić information content (AvgIpc) is 3.54. The number of halogens is 4. The van der Waals surface area contributed by atoms with Crippen LogP contribution >= 0.6 is 22.9 Å². The number of carbonyl (C=O) groups is 3. The molecule has 0 bridgehead atoms. The third-order valence-corrected chi connectivity index (χ3v) is 11.4. The molecular formula is C33H44ClF3N8O3S. The first kappa shape index (κ1) is 35.6. The van der Waals surface area contributed by atoms with Gasteiger partial charge in [-0.2, -0.15) is 13.2 Å². The molecular weight excluding hydrogens is 681 g/mol. The summed E-state index contributed by atoms with van der Waals surface area (Å²) in [6, 6.07) is 1.11. The van der Waals surface area contributed by atoms with Crippen LogP contribution in [0, 0.1) is 0 Å². The minimum atomic E-state index is -4.68. The fourth-order valence-corrected chi connectivity index (χ4v) is 8.61. The quantitative estimate of drug-likeness (QED) is 0.378. The van der Waals surface area contributed by atoms with Crippen LogP contribution in [0.2, 0.25) is 5.02 Å². The summed E-state index contributed by atoms with van der Waals surface area (Å²) >= 11 is 7.83. The normalized spacial score (nSPS) is 20.9. The molecule has 11 nitrogen and oxygen atoms in total. The van der Waals surface area contributed by atoms with Gasteiger partial charge in [0.1, 0.15) is 6.04 Å². The predicted octanol–water partition coefficient (Wildman–Crippen LogP) is 4.83. The molecule has 5 heterocycles. The van der Waals surface area contributed by atoms with E-state index in [0.29, 0.717) is 64.7 Å². The number of anilines is 2. The van der Waals surface area contributed by atoms with Gasteiger partial charge >= 0.3 is 18.2 Å². The molecule has 16 heteroatoms. The van der Waals surface area contributed by atoms with Crippen molar-refractivity contribution in [1.29, 1.82) is 0 Å². The van der Waals surface area contributed by atoms with Crippen molar-refractivity contribution in [3.05, 3.63) is 44.6 Å². The van der Waals surface area contributed by atoms with Gasteiger partial charge in [0.2, 0.25) is 5.91 Å². The van der Waals surface area contributed by atoms with Crippen LogP contribution in [-0.2, 0) is 23.9 Å². The maximum absolute atomic E-state index is 14.1. The number of hydrogen-bond donors (Lipinski definition) is 3. The Morgan fingerprint density at radius 3 is 2.31 bits per heavy atom. The van der Waals surface area contributed by atoms with E-state index in [9.17, 15) is 27.6 Å². The highest BCUT2D eigenvalue weighted by Gasteiger charge is 2.38. The zero-order valence-corrected chi connectivity index (χ0v) is 29.4. The van der Waals surface area contributed by atoms with Gasteiger partial charge in [-0.25, -0.2) is 9.59 Å². The zero-order chi connectivity index (χ0) is 34.9. The van der Waals surface area contributed by atoms with Gasteiger partial charge < -0.3 is 35.6 Å². The summed E-state index contributed by atoms with van der Waals surface area (Å²) < 4.78 is 42.0. The van der Waals surface area contributed by atoms with Gasteiger partial charge in [-0.15, -0.1) is 11.3 Å². The smallest absolute Gasteiger partial charge is 0.386 e. The molecule has 0 radical (unpaired) electrons. The molecule has 0 spiro atoms. The molecule has 5 amide bonds. The van der Waals surface area contributed by atoms with Crippen molar-refractivity contribution in [2.24, 2.45) is 0 Å². The van der Waals surface area contributed by atoms with E-state index in [-0.39, 0.29) is 40.7 Å². The summed E-state index contributed by atoms with van der Waals surface area (Å²) in [6.07, 6.45) is -1.56.